The molecule has 0 saturated carbocycles. The van der Waals surface area contributed by atoms with Crippen molar-refractivity contribution < 1.29 is 18.0 Å². The molecule has 2 fully saturated rings. The molecule has 2 amide bonds. The third kappa shape index (κ3) is 6.05. The van der Waals surface area contributed by atoms with Gasteiger partial charge in [0.15, 0.2) is 0 Å². The number of carbonyl (C=O) groups excluding carboxylic acids is 2. The van der Waals surface area contributed by atoms with Crippen LogP contribution in [0, 0.1) is 19.8 Å². The Morgan fingerprint density at radius 2 is 1.61 bits per heavy atom. The SMILES string of the molecule is Cc1ccc(S(=O)(=O)NCCC(=O)N2CCC(C(=O)N3CCN(C)CC3)CC2)cc1C. The number of nitrogens with zero attached hydrogens (tertiary/aromatic N) is 3. The van der Waals surface area contributed by atoms with Crippen molar-refractivity contribution in [3.05, 3.63) is 29.3 Å². The van der Waals surface area contributed by atoms with Gasteiger partial charge in [0.2, 0.25) is 21.8 Å². The Balaban J connectivity index is 1.42. The van der Waals surface area contributed by atoms with Gasteiger partial charge in [-0.3, -0.25) is 9.59 Å². The molecule has 1 aromatic carbocycles. The molecule has 2 heterocycles. The van der Waals surface area contributed by atoms with Crippen molar-refractivity contribution in [2.24, 2.45) is 5.92 Å². The highest BCUT2D eigenvalue weighted by atomic mass is 32.2. The zero-order valence-corrected chi connectivity index (χ0v) is 19.6. The number of hydrogen-bond acceptors (Lipinski definition) is 5. The summed E-state index contributed by atoms with van der Waals surface area (Å²) in [5.41, 5.74) is 1.94. The molecule has 0 unspecified atom stereocenters. The summed E-state index contributed by atoms with van der Waals surface area (Å²) in [6.07, 6.45) is 1.46. The smallest absolute Gasteiger partial charge is 0.240 e. The Morgan fingerprint density at radius 3 is 2.23 bits per heavy atom. The van der Waals surface area contributed by atoms with Gasteiger partial charge in [0, 0.05) is 58.2 Å². The molecule has 31 heavy (non-hydrogen) atoms. The largest absolute Gasteiger partial charge is 0.343 e. The second-order valence-electron chi connectivity index (χ2n) is 8.68. The molecular weight excluding hydrogens is 416 g/mol. The van der Waals surface area contributed by atoms with Crippen molar-refractivity contribution in [3.8, 4) is 0 Å². The monoisotopic (exact) mass is 450 g/mol. The minimum atomic E-state index is -3.64. The van der Waals surface area contributed by atoms with E-state index in [0.717, 1.165) is 37.3 Å². The summed E-state index contributed by atoms with van der Waals surface area (Å²) in [5, 5.41) is 0. The van der Waals surface area contributed by atoms with E-state index >= 15 is 0 Å². The van der Waals surface area contributed by atoms with Gasteiger partial charge in [-0.1, -0.05) is 6.07 Å². The highest BCUT2D eigenvalue weighted by Gasteiger charge is 2.31. The maximum atomic E-state index is 12.7. The van der Waals surface area contributed by atoms with Gasteiger partial charge in [0.05, 0.1) is 4.90 Å². The average molecular weight is 451 g/mol. The summed E-state index contributed by atoms with van der Waals surface area (Å²) >= 11 is 0. The Bertz CT molecular complexity index is 902. The van der Waals surface area contributed by atoms with Crippen molar-refractivity contribution >= 4 is 21.8 Å². The van der Waals surface area contributed by atoms with Crippen LogP contribution in [-0.2, 0) is 19.6 Å². The van der Waals surface area contributed by atoms with E-state index in [1.165, 1.54) is 0 Å². The molecule has 3 rings (SSSR count). The summed E-state index contributed by atoms with van der Waals surface area (Å²) in [6, 6.07) is 5.00. The molecule has 0 aromatic heterocycles. The number of likely N-dealkylation sites (tertiary alicyclic amines) is 1. The van der Waals surface area contributed by atoms with E-state index in [0.29, 0.717) is 25.9 Å². The Kier molecular flexibility index (Phi) is 7.72. The first-order valence-corrected chi connectivity index (χ1v) is 12.5. The number of piperidine rings is 1. The van der Waals surface area contributed by atoms with Gasteiger partial charge in [0.25, 0.3) is 0 Å². The second kappa shape index (κ2) is 10.1. The molecule has 1 aromatic rings. The van der Waals surface area contributed by atoms with Gasteiger partial charge in [-0.2, -0.15) is 0 Å². The van der Waals surface area contributed by atoms with Crippen LogP contribution in [-0.4, -0.2) is 87.8 Å². The van der Waals surface area contributed by atoms with Crippen LogP contribution in [0.25, 0.3) is 0 Å². The van der Waals surface area contributed by atoms with Crippen LogP contribution in [0.15, 0.2) is 23.1 Å². The van der Waals surface area contributed by atoms with Crippen LogP contribution in [0.2, 0.25) is 0 Å². The molecule has 1 N–H and O–H groups in total. The molecule has 0 spiro atoms. The van der Waals surface area contributed by atoms with E-state index < -0.39 is 10.0 Å². The van der Waals surface area contributed by atoms with Gasteiger partial charge >= 0.3 is 0 Å². The normalized spacial score (nSPS) is 18.9. The lowest BCUT2D eigenvalue weighted by molar-refractivity contribution is -0.141. The van der Waals surface area contributed by atoms with E-state index in [-0.39, 0.29) is 35.6 Å². The number of carbonyl (C=O) groups is 2. The summed E-state index contributed by atoms with van der Waals surface area (Å²) in [6.45, 7) is 8.32. The van der Waals surface area contributed by atoms with Crippen molar-refractivity contribution in [1.82, 2.24) is 19.4 Å². The second-order valence-corrected chi connectivity index (χ2v) is 10.4. The van der Waals surface area contributed by atoms with E-state index in [1.807, 2.05) is 18.7 Å². The zero-order valence-electron chi connectivity index (χ0n) is 18.8. The molecule has 0 bridgehead atoms. The van der Waals surface area contributed by atoms with Gasteiger partial charge in [-0.15, -0.1) is 0 Å². The molecule has 0 aliphatic carbocycles. The number of sulfonamides is 1. The Morgan fingerprint density at radius 1 is 0.968 bits per heavy atom. The summed E-state index contributed by atoms with van der Waals surface area (Å²) < 4.78 is 27.4. The molecule has 9 heteroatoms. The predicted octanol–water partition coefficient (Wildman–Crippen LogP) is 0.984. The number of likely N-dealkylation sites (N-methyl/N-ethyl adjacent to an activating group) is 1. The van der Waals surface area contributed by atoms with Crippen molar-refractivity contribution in [1.29, 1.82) is 0 Å². The van der Waals surface area contributed by atoms with Gasteiger partial charge in [0.1, 0.15) is 0 Å². The van der Waals surface area contributed by atoms with E-state index in [9.17, 15) is 18.0 Å². The molecular formula is C22H34N4O4S. The molecule has 0 radical (unpaired) electrons. The Hall–Kier alpha value is -1.97. The fraction of sp³-hybridized carbons (Fsp3) is 0.636. The zero-order chi connectivity index (χ0) is 22.6. The first-order valence-electron chi connectivity index (χ1n) is 11.0. The van der Waals surface area contributed by atoms with Crippen LogP contribution < -0.4 is 4.72 Å². The quantitative estimate of drug-likeness (QED) is 0.698. The van der Waals surface area contributed by atoms with Gasteiger partial charge < -0.3 is 14.7 Å². The third-order valence-electron chi connectivity index (χ3n) is 6.43. The third-order valence-corrected chi connectivity index (χ3v) is 7.89. The van der Waals surface area contributed by atoms with Crippen molar-refractivity contribution in [2.45, 2.75) is 38.0 Å². The number of benzene rings is 1. The average Bonchev–Trinajstić information content (AvgIpc) is 2.75. The molecule has 2 aliphatic heterocycles. The maximum absolute atomic E-state index is 12.7. The molecule has 0 atom stereocenters. The fourth-order valence-electron chi connectivity index (χ4n) is 4.08. The number of amides is 2. The fourth-order valence-corrected chi connectivity index (χ4v) is 5.19. The van der Waals surface area contributed by atoms with Crippen LogP contribution >= 0.6 is 0 Å². The van der Waals surface area contributed by atoms with Crippen molar-refractivity contribution in [3.63, 3.8) is 0 Å². The van der Waals surface area contributed by atoms with Crippen LogP contribution in [0.5, 0.6) is 0 Å². The van der Waals surface area contributed by atoms with E-state index in [1.54, 1.807) is 23.1 Å². The first-order chi connectivity index (χ1) is 14.7. The summed E-state index contributed by atoms with van der Waals surface area (Å²) in [7, 11) is -1.57. The molecule has 172 valence electrons. The number of hydrogen-bond donors (Lipinski definition) is 1. The lowest BCUT2D eigenvalue weighted by atomic mass is 9.94. The van der Waals surface area contributed by atoms with Gasteiger partial charge in [-0.25, -0.2) is 13.1 Å². The van der Waals surface area contributed by atoms with Gasteiger partial charge in [-0.05, 0) is 57.0 Å². The van der Waals surface area contributed by atoms with E-state index in [2.05, 4.69) is 16.7 Å². The van der Waals surface area contributed by atoms with Crippen LogP contribution in [0.1, 0.15) is 30.4 Å². The lowest BCUT2D eigenvalue weighted by Crippen LogP contribution is -2.51. The standard InChI is InChI=1S/C22H34N4O4S/c1-17-4-5-20(16-18(17)2)31(29,30)23-9-6-21(27)25-10-7-19(8-11-25)22(28)26-14-12-24(3)13-15-26/h4-5,16,19,23H,6-15H2,1-3H3. The predicted molar refractivity (Wildman–Crippen MR) is 119 cm³/mol. The highest BCUT2D eigenvalue weighted by molar-refractivity contribution is 7.89. The first kappa shape index (κ1) is 23.7. The van der Waals surface area contributed by atoms with Crippen LogP contribution in [0.3, 0.4) is 0 Å². The summed E-state index contributed by atoms with van der Waals surface area (Å²) in [5.74, 6) is 0.116. The number of piperazine rings is 1. The molecule has 2 aliphatic rings. The lowest BCUT2D eigenvalue weighted by Gasteiger charge is -2.37. The minimum Gasteiger partial charge on any atom is -0.343 e. The maximum Gasteiger partial charge on any atom is 0.240 e. The molecule has 2 saturated heterocycles. The number of nitrogens with one attached hydrogen (secondary N) is 1. The molecule has 8 nitrogen and oxygen atoms in total. The Labute approximate surface area is 185 Å². The van der Waals surface area contributed by atoms with Crippen LogP contribution in [0.4, 0.5) is 0 Å². The summed E-state index contributed by atoms with van der Waals surface area (Å²) in [4.78, 5) is 31.4. The van der Waals surface area contributed by atoms with E-state index in [4.69, 9.17) is 0 Å². The number of rotatable bonds is 6. The minimum absolute atomic E-state index is 0.0178. The number of aryl methyl sites for hydroxylation is 2. The highest BCUT2D eigenvalue weighted by Crippen LogP contribution is 2.21. The van der Waals surface area contributed by atoms with Crippen molar-refractivity contribution in [2.75, 3.05) is 52.9 Å². The topological polar surface area (TPSA) is 90.0 Å².